The van der Waals surface area contributed by atoms with Crippen LogP contribution in [-0.4, -0.2) is 15.9 Å². The van der Waals surface area contributed by atoms with Crippen molar-refractivity contribution in [3.05, 3.63) is 57.9 Å². The molecule has 1 heterocycles. The highest BCUT2D eigenvalue weighted by Gasteiger charge is 2.61. The molecule has 4 nitrogen and oxygen atoms in total. The van der Waals surface area contributed by atoms with Crippen LogP contribution in [0.1, 0.15) is 57.2 Å². The van der Waals surface area contributed by atoms with E-state index in [1.807, 2.05) is 27.7 Å². The van der Waals surface area contributed by atoms with E-state index in [-0.39, 0.29) is 39.5 Å². The molecule has 2 aliphatic rings. The van der Waals surface area contributed by atoms with Crippen molar-refractivity contribution >= 4 is 23.0 Å². The van der Waals surface area contributed by atoms with Gasteiger partial charge in [0.25, 0.3) is 0 Å². The largest absolute Gasteiger partial charge is 0.511 e. The summed E-state index contributed by atoms with van der Waals surface area (Å²) in [5.41, 5.74) is -0.151. The van der Waals surface area contributed by atoms with E-state index in [1.54, 1.807) is 18.2 Å². The molecule has 2 aliphatic carbocycles. The van der Waals surface area contributed by atoms with Gasteiger partial charge in [0.05, 0.1) is 11.1 Å². The third-order valence-electron chi connectivity index (χ3n) is 7.63. The molecule has 1 fully saturated rings. The molecular weight excluding hydrogens is 455 g/mol. The molecule has 1 N–H and O–H groups in total. The molecule has 2 aromatic rings. The van der Waals surface area contributed by atoms with Gasteiger partial charge >= 0.3 is 6.18 Å². The van der Waals surface area contributed by atoms with Crippen molar-refractivity contribution in [2.24, 2.45) is 16.7 Å². The summed E-state index contributed by atoms with van der Waals surface area (Å²) in [5.74, 6) is -0.129. The maximum atomic E-state index is 13.5. The average Bonchev–Trinajstić information content (AvgIpc) is 2.92. The first-order valence-electron chi connectivity index (χ1n) is 10.8. The van der Waals surface area contributed by atoms with Gasteiger partial charge in [-0.15, -0.1) is 0 Å². The van der Waals surface area contributed by atoms with Crippen molar-refractivity contribution < 1.29 is 27.8 Å². The molecule has 176 valence electrons. The van der Waals surface area contributed by atoms with Crippen molar-refractivity contribution in [2.45, 2.75) is 53.1 Å². The van der Waals surface area contributed by atoms with E-state index in [1.165, 1.54) is 0 Å². The number of fused-ring (bicyclic) bond motifs is 2. The smallest absolute Gasteiger partial charge is 0.417 e. The molecule has 1 saturated carbocycles. The lowest BCUT2D eigenvalue weighted by molar-refractivity contribution is -0.137. The second-order valence-corrected chi connectivity index (χ2v) is 9.92. The fourth-order valence-electron chi connectivity index (χ4n) is 5.14. The summed E-state index contributed by atoms with van der Waals surface area (Å²) in [4.78, 5) is 17.2. The molecule has 1 aromatic heterocycles. The Morgan fingerprint density at radius 2 is 1.94 bits per heavy atom. The Hall–Kier alpha value is -2.54. The van der Waals surface area contributed by atoms with Crippen LogP contribution in [0.25, 0.3) is 5.57 Å². The van der Waals surface area contributed by atoms with Crippen molar-refractivity contribution in [1.82, 2.24) is 4.98 Å². The molecule has 4 rings (SSSR count). The minimum atomic E-state index is -4.57. The molecule has 0 amide bonds. The summed E-state index contributed by atoms with van der Waals surface area (Å²) >= 11 is 5.98. The van der Waals surface area contributed by atoms with Crippen LogP contribution in [0.5, 0.6) is 11.6 Å². The summed E-state index contributed by atoms with van der Waals surface area (Å²) in [5, 5.41) is 11.0. The van der Waals surface area contributed by atoms with Gasteiger partial charge in [0.2, 0.25) is 5.88 Å². The van der Waals surface area contributed by atoms with Crippen LogP contribution in [0.2, 0.25) is 5.02 Å². The number of ketones is 1. The molecule has 0 aliphatic heterocycles. The van der Waals surface area contributed by atoms with Crippen molar-refractivity contribution in [2.75, 3.05) is 0 Å². The summed E-state index contributed by atoms with van der Waals surface area (Å²) in [7, 11) is 0. The third kappa shape index (κ3) is 3.61. The minimum absolute atomic E-state index is 0.0868. The number of ether oxygens (including phenoxy) is 1. The standard InChI is InChI=1S/C25H25ClF3NO3/c1-5-13-6-7-15(33-22-18(26)10-14(12-30-22)25(27,28)29)11-16(13)19-20(31)17-8-9-24(4,21(19)32)23(17,2)3/h6-7,10-12,17,32H,5,8-9H2,1-4H3/t17-,24+/m0/s1. The fourth-order valence-corrected chi connectivity index (χ4v) is 5.34. The zero-order valence-electron chi connectivity index (χ0n) is 18.8. The summed E-state index contributed by atoms with van der Waals surface area (Å²) in [6, 6.07) is 5.80. The molecule has 33 heavy (non-hydrogen) atoms. The van der Waals surface area contributed by atoms with Gasteiger partial charge in [-0.2, -0.15) is 13.2 Å². The minimum Gasteiger partial charge on any atom is -0.511 e. The monoisotopic (exact) mass is 479 g/mol. The Balaban J connectivity index is 1.77. The van der Waals surface area contributed by atoms with Gasteiger partial charge in [-0.1, -0.05) is 45.4 Å². The zero-order valence-corrected chi connectivity index (χ0v) is 19.6. The molecule has 0 spiro atoms. The maximum absolute atomic E-state index is 13.5. The molecule has 8 heteroatoms. The van der Waals surface area contributed by atoms with Crippen LogP contribution in [-0.2, 0) is 17.4 Å². The number of Topliss-reactive ketones (excluding diaryl/α,β-unsaturated/α-hetero) is 1. The van der Waals surface area contributed by atoms with E-state index < -0.39 is 17.2 Å². The van der Waals surface area contributed by atoms with Crippen LogP contribution in [0.3, 0.4) is 0 Å². The van der Waals surface area contributed by atoms with Crippen molar-refractivity contribution in [3.63, 3.8) is 0 Å². The normalized spacial score (nSPS) is 24.4. The number of carbonyl (C=O) groups is 1. The van der Waals surface area contributed by atoms with Crippen LogP contribution >= 0.6 is 11.6 Å². The number of aryl methyl sites for hydroxylation is 1. The van der Waals surface area contributed by atoms with E-state index in [0.29, 0.717) is 36.6 Å². The number of benzene rings is 1. The Kier molecular flexibility index (Phi) is 5.55. The number of aliphatic hydroxyl groups excluding tert-OH is 1. The van der Waals surface area contributed by atoms with Gasteiger partial charge in [0, 0.05) is 17.5 Å². The SMILES string of the molecule is CCc1ccc(Oc2ncc(C(F)(F)F)cc2Cl)cc1C1=C(O)[C@@]2(C)CC[C@@H](C1=O)C2(C)C. The number of hydrogen-bond acceptors (Lipinski definition) is 4. The molecule has 1 aromatic carbocycles. The van der Waals surface area contributed by atoms with E-state index in [2.05, 4.69) is 4.98 Å². The number of hydrogen-bond donors (Lipinski definition) is 1. The molecular formula is C25H25ClF3NO3. The number of allylic oxidation sites excluding steroid dienone is 2. The number of aromatic nitrogens is 1. The van der Waals surface area contributed by atoms with Gasteiger partial charge in [-0.25, -0.2) is 4.98 Å². The topological polar surface area (TPSA) is 59.4 Å². The maximum Gasteiger partial charge on any atom is 0.417 e. The predicted molar refractivity (Wildman–Crippen MR) is 119 cm³/mol. The van der Waals surface area contributed by atoms with Crippen LogP contribution in [0, 0.1) is 16.7 Å². The van der Waals surface area contributed by atoms with Gasteiger partial charge in [0.1, 0.15) is 16.5 Å². The molecule has 0 radical (unpaired) electrons. The lowest BCUT2D eigenvalue weighted by Crippen LogP contribution is -2.43. The van der Waals surface area contributed by atoms with E-state index >= 15 is 0 Å². The number of pyridine rings is 1. The Bertz CT molecular complexity index is 1170. The average molecular weight is 480 g/mol. The first-order chi connectivity index (χ1) is 15.3. The molecule has 2 atom stereocenters. The highest BCUT2D eigenvalue weighted by atomic mass is 35.5. The second-order valence-electron chi connectivity index (χ2n) is 9.52. The van der Waals surface area contributed by atoms with E-state index in [4.69, 9.17) is 16.3 Å². The first kappa shape index (κ1) is 23.6. The highest BCUT2D eigenvalue weighted by Crippen LogP contribution is 2.64. The Morgan fingerprint density at radius 3 is 2.55 bits per heavy atom. The summed E-state index contributed by atoms with van der Waals surface area (Å²) < 4.78 is 44.4. The lowest BCUT2D eigenvalue weighted by atomic mass is 9.58. The van der Waals surface area contributed by atoms with Gasteiger partial charge < -0.3 is 9.84 Å². The number of rotatable bonds is 4. The van der Waals surface area contributed by atoms with Crippen molar-refractivity contribution in [3.8, 4) is 11.6 Å². The predicted octanol–water partition coefficient (Wildman–Crippen LogP) is 7.40. The first-order valence-corrected chi connectivity index (χ1v) is 11.2. The Morgan fingerprint density at radius 1 is 1.24 bits per heavy atom. The van der Waals surface area contributed by atoms with Gasteiger partial charge in [-0.3, -0.25) is 4.79 Å². The van der Waals surface area contributed by atoms with Crippen molar-refractivity contribution in [1.29, 1.82) is 0 Å². The second kappa shape index (κ2) is 7.76. The van der Waals surface area contributed by atoms with E-state index in [9.17, 15) is 23.1 Å². The zero-order chi connectivity index (χ0) is 24.3. The van der Waals surface area contributed by atoms with Crippen LogP contribution in [0.4, 0.5) is 13.2 Å². The Labute approximate surface area is 195 Å². The summed E-state index contributed by atoms with van der Waals surface area (Å²) in [6.07, 6.45) is -1.88. The van der Waals surface area contributed by atoms with E-state index in [0.717, 1.165) is 11.6 Å². The quantitative estimate of drug-likeness (QED) is 0.496. The molecule has 0 saturated heterocycles. The molecule has 0 unspecified atom stereocenters. The molecule has 2 bridgehead atoms. The van der Waals surface area contributed by atoms with Crippen LogP contribution in [0.15, 0.2) is 36.2 Å². The number of alkyl halides is 3. The third-order valence-corrected chi connectivity index (χ3v) is 7.90. The number of aliphatic hydroxyl groups is 1. The number of halogens is 4. The van der Waals surface area contributed by atoms with Gasteiger partial charge in [-0.05, 0) is 54.0 Å². The highest BCUT2D eigenvalue weighted by molar-refractivity contribution is 6.31. The van der Waals surface area contributed by atoms with Crippen LogP contribution < -0.4 is 4.74 Å². The fraction of sp³-hybridized carbons (Fsp3) is 0.440. The lowest BCUT2D eigenvalue weighted by Gasteiger charge is -2.45. The number of nitrogens with zero attached hydrogens (tertiary/aromatic N) is 1. The summed E-state index contributed by atoms with van der Waals surface area (Å²) in [6.45, 7) is 7.98. The van der Waals surface area contributed by atoms with Gasteiger partial charge in [0.15, 0.2) is 5.78 Å². The number of carbonyl (C=O) groups excluding carboxylic acids is 1.